The van der Waals surface area contributed by atoms with E-state index >= 15 is 0 Å². The molecule has 3 aromatic rings. The third-order valence-electron chi connectivity index (χ3n) is 4.69. The molecule has 1 aromatic carbocycles. The number of aryl methyl sites for hydroxylation is 1. The van der Waals surface area contributed by atoms with Gasteiger partial charge in [-0.05, 0) is 37.0 Å². The van der Waals surface area contributed by atoms with E-state index in [-0.39, 0.29) is 5.91 Å². The van der Waals surface area contributed by atoms with Crippen molar-refractivity contribution in [1.29, 1.82) is 0 Å². The first-order valence-corrected chi connectivity index (χ1v) is 8.97. The van der Waals surface area contributed by atoms with Crippen molar-refractivity contribution < 1.29 is 14.3 Å². The van der Waals surface area contributed by atoms with Gasteiger partial charge in [0.05, 0.1) is 18.2 Å². The molecule has 1 amide bonds. The zero-order valence-corrected chi connectivity index (χ0v) is 15.8. The molecule has 6 heteroatoms. The van der Waals surface area contributed by atoms with E-state index in [1.807, 2.05) is 37.3 Å². The average Bonchev–Trinajstić information content (AvgIpc) is 3.04. The standard InChI is InChI=1S/C21H23N3O3/c1-4-16-17(21(26)27-3)13(2)18(24-16)20(25)23-12-10-15-8-5-7-14-9-6-11-22-19(14)15/h5-9,11,24H,4,10,12H2,1-3H3,(H,23,25). The SMILES string of the molecule is CCc1[nH]c(C(=O)NCCc2cccc3cccnc23)c(C)c1C(=O)OC. The number of fused-ring (bicyclic) bond motifs is 1. The van der Waals surface area contributed by atoms with Gasteiger partial charge in [0.2, 0.25) is 0 Å². The number of esters is 1. The first-order valence-electron chi connectivity index (χ1n) is 8.97. The number of nitrogens with zero attached hydrogens (tertiary/aromatic N) is 1. The van der Waals surface area contributed by atoms with Crippen molar-refractivity contribution >= 4 is 22.8 Å². The summed E-state index contributed by atoms with van der Waals surface area (Å²) in [5, 5.41) is 4.00. The van der Waals surface area contributed by atoms with Gasteiger partial charge in [0, 0.05) is 23.8 Å². The van der Waals surface area contributed by atoms with Gasteiger partial charge in [0.15, 0.2) is 0 Å². The molecule has 0 radical (unpaired) electrons. The maximum absolute atomic E-state index is 12.6. The van der Waals surface area contributed by atoms with Crippen LogP contribution in [-0.4, -0.2) is 35.5 Å². The highest BCUT2D eigenvalue weighted by Gasteiger charge is 2.23. The van der Waals surface area contributed by atoms with Crippen LogP contribution >= 0.6 is 0 Å². The van der Waals surface area contributed by atoms with E-state index < -0.39 is 5.97 Å². The van der Waals surface area contributed by atoms with Gasteiger partial charge < -0.3 is 15.0 Å². The highest BCUT2D eigenvalue weighted by molar-refractivity contribution is 6.00. The number of carbonyl (C=O) groups is 2. The molecule has 0 aliphatic heterocycles. The molecule has 0 spiro atoms. The number of ether oxygens (including phenoxy) is 1. The quantitative estimate of drug-likeness (QED) is 0.657. The fourth-order valence-electron chi connectivity index (χ4n) is 3.30. The number of aromatic nitrogens is 2. The summed E-state index contributed by atoms with van der Waals surface area (Å²) in [5.74, 6) is -0.660. The van der Waals surface area contributed by atoms with E-state index in [2.05, 4.69) is 15.3 Å². The van der Waals surface area contributed by atoms with Crippen LogP contribution in [0.5, 0.6) is 0 Å². The minimum atomic E-state index is -0.429. The molecule has 140 valence electrons. The number of carbonyl (C=O) groups excluding carboxylic acids is 2. The lowest BCUT2D eigenvalue weighted by Crippen LogP contribution is -2.26. The first kappa shape index (κ1) is 18.6. The Bertz CT molecular complexity index is 986. The molecule has 0 unspecified atom stereocenters. The van der Waals surface area contributed by atoms with Gasteiger partial charge in [0.25, 0.3) is 5.91 Å². The van der Waals surface area contributed by atoms with Crippen molar-refractivity contribution in [2.24, 2.45) is 0 Å². The fourth-order valence-corrected chi connectivity index (χ4v) is 3.30. The molecule has 0 saturated carbocycles. The van der Waals surface area contributed by atoms with Crippen LogP contribution in [0.15, 0.2) is 36.5 Å². The van der Waals surface area contributed by atoms with Gasteiger partial charge in [-0.2, -0.15) is 0 Å². The third-order valence-corrected chi connectivity index (χ3v) is 4.69. The Balaban J connectivity index is 1.73. The van der Waals surface area contributed by atoms with Crippen molar-refractivity contribution in [3.05, 3.63) is 64.6 Å². The number of benzene rings is 1. The number of nitrogens with one attached hydrogen (secondary N) is 2. The largest absolute Gasteiger partial charge is 0.465 e. The summed E-state index contributed by atoms with van der Waals surface area (Å²) < 4.78 is 4.83. The zero-order chi connectivity index (χ0) is 19.4. The van der Waals surface area contributed by atoms with Crippen molar-refractivity contribution in [3.8, 4) is 0 Å². The van der Waals surface area contributed by atoms with Crippen LogP contribution in [0.2, 0.25) is 0 Å². The van der Waals surface area contributed by atoms with Crippen molar-refractivity contribution in [3.63, 3.8) is 0 Å². The van der Waals surface area contributed by atoms with E-state index in [4.69, 9.17) is 4.74 Å². The normalized spacial score (nSPS) is 10.8. The minimum Gasteiger partial charge on any atom is -0.465 e. The lowest BCUT2D eigenvalue weighted by molar-refractivity contribution is 0.0599. The van der Waals surface area contributed by atoms with Gasteiger partial charge in [0.1, 0.15) is 5.69 Å². The van der Waals surface area contributed by atoms with Crippen LogP contribution in [0, 0.1) is 6.92 Å². The summed E-state index contributed by atoms with van der Waals surface area (Å²) in [7, 11) is 1.34. The van der Waals surface area contributed by atoms with Crippen molar-refractivity contribution in [2.75, 3.05) is 13.7 Å². The van der Waals surface area contributed by atoms with Crippen molar-refractivity contribution in [1.82, 2.24) is 15.3 Å². The van der Waals surface area contributed by atoms with Gasteiger partial charge in [-0.15, -0.1) is 0 Å². The summed E-state index contributed by atoms with van der Waals surface area (Å²) >= 11 is 0. The number of methoxy groups -OCH3 is 1. The second-order valence-electron chi connectivity index (χ2n) is 6.32. The average molecular weight is 365 g/mol. The Kier molecular flexibility index (Phi) is 5.54. The van der Waals surface area contributed by atoms with Gasteiger partial charge in [-0.1, -0.05) is 31.2 Å². The van der Waals surface area contributed by atoms with Gasteiger partial charge in [-0.3, -0.25) is 9.78 Å². The Labute approximate surface area is 158 Å². The number of amides is 1. The van der Waals surface area contributed by atoms with E-state index in [1.165, 1.54) is 7.11 Å². The predicted molar refractivity (Wildman–Crippen MR) is 104 cm³/mol. The van der Waals surface area contributed by atoms with Crippen LogP contribution in [-0.2, 0) is 17.6 Å². The van der Waals surface area contributed by atoms with Crippen LogP contribution < -0.4 is 5.32 Å². The van der Waals surface area contributed by atoms with Crippen LogP contribution in [0.3, 0.4) is 0 Å². The molecular weight excluding hydrogens is 342 g/mol. The number of para-hydroxylation sites is 1. The molecule has 0 bridgehead atoms. The van der Waals surface area contributed by atoms with Gasteiger partial charge >= 0.3 is 5.97 Å². The van der Waals surface area contributed by atoms with E-state index in [9.17, 15) is 9.59 Å². The maximum Gasteiger partial charge on any atom is 0.339 e. The number of pyridine rings is 1. The fraction of sp³-hybridized carbons (Fsp3) is 0.286. The molecule has 2 heterocycles. The molecule has 0 fully saturated rings. The molecule has 3 rings (SSSR count). The van der Waals surface area contributed by atoms with E-state index in [1.54, 1.807) is 13.1 Å². The van der Waals surface area contributed by atoms with Crippen LogP contribution in [0.25, 0.3) is 10.9 Å². The monoisotopic (exact) mass is 365 g/mol. The third kappa shape index (κ3) is 3.69. The number of aromatic amines is 1. The number of rotatable bonds is 6. The van der Waals surface area contributed by atoms with Crippen molar-refractivity contribution in [2.45, 2.75) is 26.7 Å². The second-order valence-corrected chi connectivity index (χ2v) is 6.32. The zero-order valence-electron chi connectivity index (χ0n) is 15.8. The van der Waals surface area contributed by atoms with Gasteiger partial charge in [-0.25, -0.2) is 4.79 Å². The number of H-pyrrole nitrogens is 1. The Morgan fingerprint density at radius 3 is 2.74 bits per heavy atom. The predicted octanol–water partition coefficient (Wildman–Crippen LogP) is 3.19. The molecule has 27 heavy (non-hydrogen) atoms. The van der Waals surface area contributed by atoms with Crippen LogP contribution in [0.4, 0.5) is 0 Å². The molecule has 2 N–H and O–H groups in total. The molecule has 6 nitrogen and oxygen atoms in total. The highest BCUT2D eigenvalue weighted by Crippen LogP contribution is 2.20. The van der Waals surface area contributed by atoms with E-state index in [0.29, 0.717) is 41.9 Å². The summed E-state index contributed by atoms with van der Waals surface area (Å²) in [6, 6.07) is 9.96. The Morgan fingerprint density at radius 1 is 1.22 bits per heavy atom. The molecular formula is C21H23N3O3. The number of hydrogen-bond acceptors (Lipinski definition) is 4. The minimum absolute atomic E-state index is 0.231. The molecule has 0 atom stereocenters. The topological polar surface area (TPSA) is 84.1 Å². The van der Waals surface area contributed by atoms with Crippen LogP contribution in [0.1, 0.15) is 44.6 Å². The smallest absolute Gasteiger partial charge is 0.339 e. The highest BCUT2D eigenvalue weighted by atomic mass is 16.5. The summed E-state index contributed by atoms with van der Waals surface area (Å²) in [6.45, 7) is 4.15. The summed E-state index contributed by atoms with van der Waals surface area (Å²) in [4.78, 5) is 32.1. The maximum atomic E-state index is 12.6. The molecule has 0 aliphatic carbocycles. The molecule has 0 saturated heterocycles. The Hall–Kier alpha value is -3.15. The molecule has 2 aromatic heterocycles. The summed E-state index contributed by atoms with van der Waals surface area (Å²) in [5.41, 5.74) is 4.21. The number of hydrogen-bond donors (Lipinski definition) is 2. The Morgan fingerprint density at radius 2 is 2.00 bits per heavy atom. The lowest BCUT2D eigenvalue weighted by atomic mass is 10.1. The molecule has 0 aliphatic rings. The summed E-state index contributed by atoms with van der Waals surface area (Å²) in [6.07, 6.45) is 3.05. The first-order chi connectivity index (χ1) is 13.1. The lowest BCUT2D eigenvalue weighted by Gasteiger charge is -2.07. The second kappa shape index (κ2) is 8.03. The van der Waals surface area contributed by atoms with E-state index in [0.717, 1.165) is 16.5 Å².